The van der Waals surface area contributed by atoms with E-state index in [0.717, 1.165) is 46.8 Å². The molecule has 2 aromatic carbocycles. The minimum Gasteiger partial charge on any atom is -0.488 e. The number of hydrogen-bond acceptors (Lipinski definition) is 3. The number of para-hydroxylation sites is 2. The first-order valence-electron chi connectivity index (χ1n) is 8.46. The molecule has 1 aliphatic heterocycles. The molecule has 4 heteroatoms. The zero-order valence-corrected chi connectivity index (χ0v) is 14.0. The van der Waals surface area contributed by atoms with Gasteiger partial charge in [0.25, 0.3) is 0 Å². The van der Waals surface area contributed by atoms with E-state index in [-0.39, 0.29) is 0 Å². The maximum absolute atomic E-state index is 6.01. The van der Waals surface area contributed by atoms with Crippen LogP contribution in [0.15, 0.2) is 42.5 Å². The molecule has 0 radical (unpaired) electrons. The maximum atomic E-state index is 6.01. The molecule has 122 valence electrons. The molecule has 2 heterocycles. The zero-order valence-electron chi connectivity index (χ0n) is 14.0. The number of H-pyrrole nitrogens is 1. The topological polar surface area (TPSA) is 41.1 Å². The van der Waals surface area contributed by atoms with Crippen molar-refractivity contribution < 1.29 is 4.74 Å². The summed E-state index contributed by atoms with van der Waals surface area (Å²) in [4.78, 5) is 10.4. The Bertz CT molecular complexity index is 873. The molecule has 1 N–H and O–H groups in total. The third-order valence-electron chi connectivity index (χ3n) is 4.53. The minimum absolute atomic E-state index is 0.536. The van der Waals surface area contributed by atoms with Crippen LogP contribution in [0, 0.1) is 0 Å². The smallest absolute Gasteiger partial charge is 0.137 e. The average molecular weight is 319 g/mol. The van der Waals surface area contributed by atoms with E-state index < -0.39 is 0 Å². The molecule has 0 unspecified atom stereocenters. The molecule has 4 rings (SSSR count). The number of ether oxygens (including phenoxy) is 1. The second-order valence-electron chi connectivity index (χ2n) is 5.96. The Morgan fingerprint density at radius 3 is 2.75 bits per heavy atom. The van der Waals surface area contributed by atoms with E-state index in [9.17, 15) is 0 Å². The number of fused-ring (bicyclic) bond motifs is 2. The van der Waals surface area contributed by atoms with Crippen molar-refractivity contribution in [1.82, 2.24) is 9.97 Å². The van der Waals surface area contributed by atoms with Gasteiger partial charge >= 0.3 is 0 Å². The van der Waals surface area contributed by atoms with Gasteiger partial charge in [0.2, 0.25) is 0 Å². The summed E-state index contributed by atoms with van der Waals surface area (Å²) in [6, 6.07) is 14.5. The van der Waals surface area contributed by atoms with Crippen molar-refractivity contribution in [3.63, 3.8) is 0 Å². The van der Waals surface area contributed by atoms with Crippen LogP contribution in [0.2, 0.25) is 0 Å². The van der Waals surface area contributed by atoms with Crippen molar-refractivity contribution in [3.8, 4) is 5.75 Å². The van der Waals surface area contributed by atoms with E-state index in [0.29, 0.717) is 6.61 Å². The van der Waals surface area contributed by atoms with Crippen LogP contribution in [0.25, 0.3) is 22.7 Å². The summed E-state index contributed by atoms with van der Waals surface area (Å²) < 4.78 is 6.01. The highest BCUT2D eigenvalue weighted by Gasteiger charge is 2.17. The third-order valence-corrected chi connectivity index (χ3v) is 4.53. The molecule has 0 amide bonds. The van der Waals surface area contributed by atoms with Crippen LogP contribution < -0.4 is 9.64 Å². The molecule has 0 saturated carbocycles. The van der Waals surface area contributed by atoms with Crippen LogP contribution in [-0.2, 0) is 0 Å². The van der Waals surface area contributed by atoms with Gasteiger partial charge in [0, 0.05) is 36.0 Å². The lowest BCUT2D eigenvalue weighted by atomic mass is 10.1. The Kier molecular flexibility index (Phi) is 3.73. The number of benzene rings is 2. The lowest BCUT2D eigenvalue weighted by molar-refractivity contribution is 0.365. The van der Waals surface area contributed by atoms with E-state index in [1.807, 2.05) is 24.3 Å². The predicted octanol–water partition coefficient (Wildman–Crippen LogP) is 4.34. The van der Waals surface area contributed by atoms with Crippen molar-refractivity contribution >= 4 is 28.4 Å². The van der Waals surface area contributed by atoms with Crippen LogP contribution in [0.3, 0.4) is 0 Å². The van der Waals surface area contributed by atoms with Crippen LogP contribution >= 0.6 is 0 Å². The molecule has 0 saturated heterocycles. The van der Waals surface area contributed by atoms with Gasteiger partial charge in [-0.1, -0.05) is 12.1 Å². The molecule has 4 nitrogen and oxygen atoms in total. The van der Waals surface area contributed by atoms with E-state index in [1.54, 1.807) is 0 Å². The summed E-state index contributed by atoms with van der Waals surface area (Å²) in [7, 11) is 0. The standard InChI is InChI=1S/C20H21N3O/c1-3-23(4-2)16-10-9-14-11-15(13-24-19(14)12-16)20-21-17-7-5-6-8-18(17)22-20/h5-12H,3-4,13H2,1-2H3,(H,21,22). The maximum Gasteiger partial charge on any atom is 0.137 e. The number of aromatic nitrogens is 2. The Hall–Kier alpha value is -2.75. The second-order valence-corrected chi connectivity index (χ2v) is 5.96. The predicted molar refractivity (Wildman–Crippen MR) is 99.5 cm³/mol. The Morgan fingerprint density at radius 2 is 1.96 bits per heavy atom. The molecule has 0 fully saturated rings. The van der Waals surface area contributed by atoms with Crippen LogP contribution in [0.4, 0.5) is 5.69 Å². The highest BCUT2D eigenvalue weighted by molar-refractivity contribution is 5.87. The monoisotopic (exact) mass is 319 g/mol. The Morgan fingerprint density at radius 1 is 1.12 bits per heavy atom. The van der Waals surface area contributed by atoms with Crippen LogP contribution in [0.5, 0.6) is 5.75 Å². The SMILES string of the molecule is CCN(CC)c1ccc2c(c1)OCC(c1nc3ccccc3[nH]1)=C2. The van der Waals surface area contributed by atoms with Crippen molar-refractivity contribution in [2.75, 3.05) is 24.6 Å². The Balaban J connectivity index is 1.69. The lowest BCUT2D eigenvalue weighted by Gasteiger charge is -2.24. The van der Waals surface area contributed by atoms with Gasteiger partial charge in [0.1, 0.15) is 18.2 Å². The first-order valence-corrected chi connectivity index (χ1v) is 8.46. The molecule has 0 bridgehead atoms. The number of nitrogens with one attached hydrogen (secondary N) is 1. The van der Waals surface area contributed by atoms with Crippen molar-refractivity contribution in [3.05, 3.63) is 53.9 Å². The molecule has 3 aromatic rings. The molecular formula is C20H21N3O. The summed E-state index contributed by atoms with van der Waals surface area (Å²) in [5.41, 5.74) is 5.42. The number of nitrogens with zero attached hydrogens (tertiary/aromatic N) is 2. The normalized spacial score (nSPS) is 13.3. The van der Waals surface area contributed by atoms with Crippen LogP contribution in [0.1, 0.15) is 25.2 Å². The summed E-state index contributed by atoms with van der Waals surface area (Å²) in [6.45, 7) is 6.87. The fourth-order valence-electron chi connectivity index (χ4n) is 3.18. The van der Waals surface area contributed by atoms with Gasteiger partial charge in [0.05, 0.1) is 11.0 Å². The van der Waals surface area contributed by atoms with Gasteiger partial charge < -0.3 is 14.6 Å². The highest BCUT2D eigenvalue weighted by Crippen LogP contribution is 2.33. The largest absolute Gasteiger partial charge is 0.488 e. The summed E-state index contributed by atoms with van der Waals surface area (Å²) in [5.74, 6) is 1.83. The summed E-state index contributed by atoms with van der Waals surface area (Å²) in [6.07, 6.45) is 2.17. The van der Waals surface area contributed by atoms with Gasteiger partial charge in [-0.05, 0) is 44.2 Å². The van der Waals surface area contributed by atoms with Crippen molar-refractivity contribution in [2.45, 2.75) is 13.8 Å². The summed E-state index contributed by atoms with van der Waals surface area (Å²) >= 11 is 0. The van der Waals surface area contributed by atoms with Gasteiger partial charge in [-0.3, -0.25) is 0 Å². The van der Waals surface area contributed by atoms with E-state index in [1.165, 1.54) is 5.69 Å². The molecule has 1 aliphatic rings. The molecule has 0 atom stereocenters. The average Bonchev–Trinajstić information content (AvgIpc) is 3.06. The van der Waals surface area contributed by atoms with E-state index >= 15 is 0 Å². The van der Waals surface area contributed by atoms with Gasteiger partial charge in [0.15, 0.2) is 0 Å². The fraction of sp³-hybridized carbons (Fsp3) is 0.250. The number of anilines is 1. The van der Waals surface area contributed by atoms with Crippen molar-refractivity contribution in [2.24, 2.45) is 0 Å². The first-order chi connectivity index (χ1) is 11.8. The first kappa shape index (κ1) is 14.8. The second kappa shape index (κ2) is 6.04. The zero-order chi connectivity index (χ0) is 16.5. The minimum atomic E-state index is 0.536. The number of hydrogen-bond donors (Lipinski definition) is 1. The molecule has 0 spiro atoms. The number of rotatable bonds is 4. The quantitative estimate of drug-likeness (QED) is 0.777. The van der Waals surface area contributed by atoms with Gasteiger partial charge in [-0.15, -0.1) is 0 Å². The molecular weight excluding hydrogens is 298 g/mol. The highest BCUT2D eigenvalue weighted by atomic mass is 16.5. The number of aromatic amines is 1. The number of imidazole rings is 1. The molecule has 24 heavy (non-hydrogen) atoms. The lowest BCUT2D eigenvalue weighted by Crippen LogP contribution is -2.22. The molecule has 0 aliphatic carbocycles. The summed E-state index contributed by atoms with van der Waals surface area (Å²) in [5, 5.41) is 0. The third kappa shape index (κ3) is 2.54. The van der Waals surface area contributed by atoms with E-state index in [2.05, 4.69) is 53.0 Å². The Labute approximate surface area is 141 Å². The fourth-order valence-corrected chi connectivity index (χ4v) is 3.18. The molecule has 1 aromatic heterocycles. The van der Waals surface area contributed by atoms with Crippen LogP contribution in [-0.4, -0.2) is 29.7 Å². The van der Waals surface area contributed by atoms with Gasteiger partial charge in [-0.2, -0.15) is 0 Å². The van der Waals surface area contributed by atoms with E-state index in [4.69, 9.17) is 4.74 Å². The van der Waals surface area contributed by atoms with Gasteiger partial charge in [-0.25, -0.2) is 4.98 Å². The van der Waals surface area contributed by atoms with Crippen molar-refractivity contribution in [1.29, 1.82) is 0 Å².